The maximum Gasteiger partial charge on any atom is 0.240 e. The molecular formula is C12H16BrNO2S. The molecule has 0 aliphatic rings. The third kappa shape index (κ3) is 4.61. The first-order chi connectivity index (χ1) is 8.10. The minimum Gasteiger partial charge on any atom is -0.211 e. The number of benzene rings is 1. The van der Waals surface area contributed by atoms with Gasteiger partial charge in [-0.25, -0.2) is 13.1 Å². The van der Waals surface area contributed by atoms with Crippen LogP contribution in [0.5, 0.6) is 0 Å². The quantitative estimate of drug-likeness (QED) is 0.498. The molecule has 94 valence electrons. The Morgan fingerprint density at radius 1 is 1.29 bits per heavy atom. The van der Waals surface area contributed by atoms with Crippen LogP contribution in [0.3, 0.4) is 0 Å². The van der Waals surface area contributed by atoms with E-state index >= 15 is 0 Å². The SMILES string of the molecule is C/C=C/CCNS(=O)(=O)c1ccc(CBr)cc1. The number of hydrogen-bond acceptors (Lipinski definition) is 2. The van der Waals surface area contributed by atoms with Gasteiger partial charge in [-0.15, -0.1) is 0 Å². The predicted octanol–water partition coefficient (Wildman–Crippen LogP) is 2.83. The molecular weight excluding hydrogens is 302 g/mol. The van der Waals surface area contributed by atoms with Crippen molar-refractivity contribution in [1.82, 2.24) is 4.72 Å². The maximum atomic E-state index is 11.8. The number of rotatable bonds is 6. The highest BCUT2D eigenvalue weighted by atomic mass is 79.9. The summed E-state index contributed by atoms with van der Waals surface area (Å²) < 4.78 is 26.3. The first-order valence-electron chi connectivity index (χ1n) is 5.36. The third-order valence-electron chi connectivity index (χ3n) is 2.23. The van der Waals surface area contributed by atoms with Crippen LogP contribution < -0.4 is 4.72 Å². The van der Waals surface area contributed by atoms with Crippen LogP contribution in [-0.4, -0.2) is 15.0 Å². The summed E-state index contributed by atoms with van der Waals surface area (Å²) in [7, 11) is -3.36. The van der Waals surface area contributed by atoms with E-state index in [4.69, 9.17) is 0 Å². The third-order valence-corrected chi connectivity index (χ3v) is 4.35. The topological polar surface area (TPSA) is 46.2 Å². The van der Waals surface area contributed by atoms with Crippen molar-refractivity contribution in [2.24, 2.45) is 0 Å². The number of allylic oxidation sites excluding steroid dienone is 1. The molecule has 0 spiro atoms. The second kappa shape index (κ2) is 6.93. The van der Waals surface area contributed by atoms with Crippen molar-refractivity contribution in [3.05, 3.63) is 42.0 Å². The number of hydrogen-bond donors (Lipinski definition) is 1. The van der Waals surface area contributed by atoms with Gasteiger partial charge in [0.2, 0.25) is 10.0 Å². The van der Waals surface area contributed by atoms with Gasteiger partial charge in [0, 0.05) is 11.9 Å². The molecule has 0 aliphatic carbocycles. The fourth-order valence-corrected chi connectivity index (χ4v) is 2.71. The standard InChI is InChI=1S/C12H16BrNO2S/c1-2-3-4-9-14-17(15,16)12-7-5-11(10-13)6-8-12/h2-3,5-8,14H,4,9-10H2,1H3/b3-2+. The summed E-state index contributed by atoms with van der Waals surface area (Å²) in [6, 6.07) is 6.84. The Balaban J connectivity index is 2.68. The molecule has 0 aromatic heterocycles. The van der Waals surface area contributed by atoms with Gasteiger partial charge in [-0.3, -0.25) is 0 Å². The molecule has 17 heavy (non-hydrogen) atoms. The Kier molecular flexibility index (Phi) is 5.88. The zero-order valence-corrected chi connectivity index (χ0v) is 12.1. The van der Waals surface area contributed by atoms with Gasteiger partial charge >= 0.3 is 0 Å². The lowest BCUT2D eigenvalue weighted by Crippen LogP contribution is -2.24. The summed E-state index contributed by atoms with van der Waals surface area (Å²) in [5.41, 5.74) is 1.05. The highest BCUT2D eigenvalue weighted by molar-refractivity contribution is 9.08. The second-order valence-electron chi connectivity index (χ2n) is 3.53. The van der Waals surface area contributed by atoms with E-state index in [0.717, 1.165) is 10.9 Å². The fourth-order valence-electron chi connectivity index (χ4n) is 1.28. The molecule has 0 fully saturated rings. The molecule has 3 nitrogen and oxygen atoms in total. The molecule has 0 bridgehead atoms. The lowest BCUT2D eigenvalue weighted by molar-refractivity contribution is 0.582. The smallest absolute Gasteiger partial charge is 0.211 e. The van der Waals surface area contributed by atoms with Crippen LogP contribution in [0.4, 0.5) is 0 Å². The molecule has 1 aromatic rings. The zero-order chi connectivity index (χ0) is 12.7. The van der Waals surface area contributed by atoms with Crippen LogP contribution in [0.25, 0.3) is 0 Å². The molecule has 0 heterocycles. The fraction of sp³-hybridized carbons (Fsp3) is 0.333. The van der Waals surface area contributed by atoms with Gasteiger partial charge in [0.1, 0.15) is 0 Å². The second-order valence-corrected chi connectivity index (χ2v) is 5.86. The van der Waals surface area contributed by atoms with E-state index < -0.39 is 10.0 Å². The highest BCUT2D eigenvalue weighted by Gasteiger charge is 2.12. The zero-order valence-electron chi connectivity index (χ0n) is 9.69. The van der Waals surface area contributed by atoms with Crippen molar-refractivity contribution < 1.29 is 8.42 Å². The molecule has 0 amide bonds. The Hall–Kier alpha value is -0.650. The van der Waals surface area contributed by atoms with Gasteiger partial charge in [-0.05, 0) is 31.0 Å². The van der Waals surface area contributed by atoms with Gasteiger partial charge in [0.05, 0.1) is 4.90 Å². The summed E-state index contributed by atoms with van der Waals surface area (Å²) in [5, 5.41) is 0.724. The molecule has 1 N–H and O–H groups in total. The van der Waals surface area contributed by atoms with Crippen LogP contribution >= 0.6 is 15.9 Å². The van der Waals surface area contributed by atoms with Crippen LogP contribution in [0, 0.1) is 0 Å². The number of sulfonamides is 1. The monoisotopic (exact) mass is 317 g/mol. The first kappa shape index (κ1) is 14.4. The van der Waals surface area contributed by atoms with Crippen LogP contribution in [0.1, 0.15) is 18.9 Å². The Bertz CT molecular complexity index is 466. The molecule has 0 atom stereocenters. The average molecular weight is 318 g/mol. The van der Waals surface area contributed by atoms with Crippen molar-refractivity contribution in [2.75, 3.05) is 6.54 Å². The van der Waals surface area contributed by atoms with Gasteiger partial charge in [0.15, 0.2) is 0 Å². The Morgan fingerprint density at radius 3 is 2.47 bits per heavy atom. The largest absolute Gasteiger partial charge is 0.240 e. The Labute approximate surface area is 111 Å². The van der Waals surface area contributed by atoms with Crippen molar-refractivity contribution in [2.45, 2.75) is 23.6 Å². The van der Waals surface area contributed by atoms with E-state index in [9.17, 15) is 8.42 Å². The van der Waals surface area contributed by atoms with Crippen LogP contribution in [0.2, 0.25) is 0 Å². The molecule has 5 heteroatoms. The molecule has 0 saturated carbocycles. The van der Waals surface area contributed by atoms with Crippen molar-refractivity contribution in [3.8, 4) is 0 Å². The van der Waals surface area contributed by atoms with E-state index in [1.165, 1.54) is 0 Å². The summed E-state index contributed by atoms with van der Waals surface area (Å²) in [6.45, 7) is 2.33. The summed E-state index contributed by atoms with van der Waals surface area (Å²) in [6.07, 6.45) is 4.53. The van der Waals surface area contributed by atoms with E-state index in [0.29, 0.717) is 17.9 Å². The lowest BCUT2D eigenvalue weighted by Gasteiger charge is -2.05. The normalized spacial score (nSPS) is 12.1. The average Bonchev–Trinajstić information content (AvgIpc) is 2.35. The summed E-state index contributed by atoms with van der Waals surface area (Å²) >= 11 is 3.32. The molecule has 0 radical (unpaired) electrons. The minimum absolute atomic E-state index is 0.308. The highest BCUT2D eigenvalue weighted by Crippen LogP contribution is 2.12. The molecule has 1 aromatic carbocycles. The van der Waals surface area contributed by atoms with E-state index in [-0.39, 0.29) is 0 Å². The summed E-state index contributed by atoms with van der Waals surface area (Å²) in [5.74, 6) is 0. The summed E-state index contributed by atoms with van der Waals surface area (Å²) in [4.78, 5) is 0.308. The number of nitrogens with one attached hydrogen (secondary N) is 1. The first-order valence-corrected chi connectivity index (χ1v) is 7.96. The van der Waals surface area contributed by atoms with Crippen LogP contribution in [0.15, 0.2) is 41.3 Å². The number of alkyl halides is 1. The van der Waals surface area contributed by atoms with Gasteiger partial charge in [-0.2, -0.15) is 0 Å². The molecule has 1 rings (SSSR count). The van der Waals surface area contributed by atoms with Gasteiger partial charge in [0.25, 0.3) is 0 Å². The lowest BCUT2D eigenvalue weighted by atomic mass is 10.2. The van der Waals surface area contributed by atoms with E-state index in [1.54, 1.807) is 24.3 Å². The molecule has 0 unspecified atom stereocenters. The van der Waals surface area contributed by atoms with E-state index in [1.807, 2.05) is 19.1 Å². The molecule has 0 aliphatic heterocycles. The molecule has 0 saturated heterocycles. The van der Waals surface area contributed by atoms with E-state index in [2.05, 4.69) is 20.7 Å². The van der Waals surface area contributed by atoms with Crippen molar-refractivity contribution in [1.29, 1.82) is 0 Å². The Morgan fingerprint density at radius 2 is 1.94 bits per heavy atom. The predicted molar refractivity (Wildman–Crippen MR) is 73.7 cm³/mol. The van der Waals surface area contributed by atoms with Crippen molar-refractivity contribution >= 4 is 26.0 Å². The van der Waals surface area contributed by atoms with Gasteiger partial charge < -0.3 is 0 Å². The van der Waals surface area contributed by atoms with Gasteiger partial charge in [-0.1, -0.05) is 40.2 Å². The minimum atomic E-state index is -3.36. The number of halogens is 1. The van der Waals surface area contributed by atoms with Crippen molar-refractivity contribution in [3.63, 3.8) is 0 Å². The maximum absolute atomic E-state index is 11.8. The van der Waals surface area contributed by atoms with Crippen LogP contribution in [-0.2, 0) is 15.4 Å².